The Bertz CT molecular complexity index is 544. The number of carbonyl (C=O) groups is 2. The third kappa shape index (κ3) is 3.08. The Kier molecular flexibility index (Phi) is 3.80. The lowest BCUT2D eigenvalue weighted by Crippen LogP contribution is -2.51. The van der Waals surface area contributed by atoms with E-state index >= 15 is 0 Å². The number of likely N-dealkylation sites (N-methyl/N-ethyl adjacent to an activating group) is 1. The van der Waals surface area contributed by atoms with Gasteiger partial charge in [-0.3, -0.25) is 9.59 Å². The van der Waals surface area contributed by atoms with Gasteiger partial charge in [0.1, 0.15) is 11.5 Å². The normalized spacial score (nSPS) is 15.8. The summed E-state index contributed by atoms with van der Waals surface area (Å²) in [5.41, 5.74) is 7.25. The number of thiocarbonyl (C=S) groups is 1. The van der Waals surface area contributed by atoms with E-state index < -0.39 is 0 Å². The van der Waals surface area contributed by atoms with E-state index in [1.165, 1.54) is 4.90 Å². The van der Waals surface area contributed by atoms with Gasteiger partial charge in [-0.25, -0.2) is 0 Å². The third-order valence-electron chi connectivity index (χ3n) is 3.06. The second kappa shape index (κ2) is 5.36. The summed E-state index contributed by atoms with van der Waals surface area (Å²) < 4.78 is 0. The van der Waals surface area contributed by atoms with Gasteiger partial charge in [0.15, 0.2) is 0 Å². The number of benzene rings is 1. The van der Waals surface area contributed by atoms with Crippen molar-refractivity contribution in [2.24, 2.45) is 5.73 Å². The van der Waals surface area contributed by atoms with Crippen LogP contribution in [0.3, 0.4) is 0 Å². The van der Waals surface area contributed by atoms with Crippen LogP contribution in [0.25, 0.3) is 0 Å². The van der Waals surface area contributed by atoms with Crippen molar-refractivity contribution in [3.8, 4) is 0 Å². The van der Waals surface area contributed by atoms with Crippen LogP contribution in [0.15, 0.2) is 24.3 Å². The van der Waals surface area contributed by atoms with Gasteiger partial charge in [-0.05, 0) is 11.6 Å². The van der Waals surface area contributed by atoms with Gasteiger partial charge in [-0.2, -0.15) is 0 Å². The molecular weight excluding hydrogens is 262 g/mol. The number of carbonyl (C=O) groups excluding carboxylic acids is 2. The van der Waals surface area contributed by atoms with Gasteiger partial charge in [0.25, 0.3) is 0 Å². The number of nitrogens with zero attached hydrogens (tertiary/aromatic N) is 2. The van der Waals surface area contributed by atoms with Crippen molar-refractivity contribution >= 4 is 29.0 Å². The van der Waals surface area contributed by atoms with E-state index in [1.54, 1.807) is 11.9 Å². The molecule has 0 spiro atoms. The second-order valence-electron chi connectivity index (χ2n) is 4.56. The lowest BCUT2D eigenvalue weighted by atomic mass is 10.1. The highest BCUT2D eigenvalue weighted by atomic mass is 32.1. The average molecular weight is 277 g/mol. The molecule has 0 bridgehead atoms. The molecule has 5 nitrogen and oxygen atoms in total. The van der Waals surface area contributed by atoms with Gasteiger partial charge in [-0.15, -0.1) is 0 Å². The van der Waals surface area contributed by atoms with Gasteiger partial charge in [0, 0.05) is 19.2 Å². The van der Waals surface area contributed by atoms with Gasteiger partial charge in [-0.1, -0.05) is 30.4 Å². The molecule has 1 aliphatic heterocycles. The molecule has 0 atom stereocenters. The molecule has 0 aromatic heterocycles. The summed E-state index contributed by atoms with van der Waals surface area (Å²) in [5, 5.41) is 0. The largest absolute Gasteiger partial charge is 0.389 e. The Morgan fingerprint density at radius 1 is 1.32 bits per heavy atom. The lowest BCUT2D eigenvalue weighted by molar-refractivity contribution is -0.149. The maximum absolute atomic E-state index is 11.9. The highest BCUT2D eigenvalue weighted by Gasteiger charge is 2.27. The number of hydrogen-bond acceptors (Lipinski definition) is 3. The Morgan fingerprint density at radius 3 is 2.74 bits per heavy atom. The SMILES string of the molecule is CN1CC(=O)N(Cc2cccc(C(N)=S)c2)CC1=O. The number of nitrogens with two attached hydrogens (primary N) is 1. The molecule has 1 saturated heterocycles. The summed E-state index contributed by atoms with van der Waals surface area (Å²) in [4.78, 5) is 26.8. The van der Waals surface area contributed by atoms with Crippen LogP contribution in [-0.4, -0.2) is 46.7 Å². The van der Waals surface area contributed by atoms with Crippen molar-refractivity contribution in [1.82, 2.24) is 9.80 Å². The molecule has 0 saturated carbocycles. The maximum Gasteiger partial charge on any atom is 0.242 e. The summed E-state index contributed by atoms with van der Waals surface area (Å²) in [6, 6.07) is 7.39. The van der Waals surface area contributed by atoms with Crippen LogP contribution in [0, 0.1) is 0 Å². The molecule has 2 rings (SSSR count). The van der Waals surface area contributed by atoms with E-state index in [4.69, 9.17) is 18.0 Å². The fourth-order valence-corrected chi connectivity index (χ4v) is 2.08. The van der Waals surface area contributed by atoms with Crippen LogP contribution in [0.5, 0.6) is 0 Å². The smallest absolute Gasteiger partial charge is 0.242 e. The van der Waals surface area contributed by atoms with Crippen LogP contribution in [-0.2, 0) is 16.1 Å². The molecule has 2 N–H and O–H groups in total. The molecule has 6 heteroatoms. The average Bonchev–Trinajstić information content (AvgIpc) is 2.36. The second-order valence-corrected chi connectivity index (χ2v) is 5.00. The quantitative estimate of drug-likeness (QED) is 0.797. The molecule has 1 aromatic carbocycles. The summed E-state index contributed by atoms with van der Waals surface area (Å²) in [6.07, 6.45) is 0. The molecule has 0 aliphatic carbocycles. The molecule has 0 unspecified atom stereocenters. The number of piperazine rings is 1. The van der Waals surface area contributed by atoms with Crippen molar-refractivity contribution in [2.75, 3.05) is 20.1 Å². The highest BCUT2D eigenvalue weighted by Crippen LogP contribution is 2.11. The molecule has 1 aliphatic rings. The molecule has 2 amide bonds. The van der Waals surface area contributed by atoms with Crippen LogP contribution in [0.4, 0.5) is 0 Å². The Balaban J connectivity index is 2.12. The highest BCUT2D eigenvalue weighted by molar-refractivity contribution is 7.80. The zero-order valence-corrected chi connectivity index (χ0v) is 11.4. The monoisotopic (exact) mass is 277 g/mol. The summed E-state index contributed by atoms with van der Waals surface area (Å²) in [6.45, 7) is 0.648. The molecule has 19 heavy (non-hydrogen) atoms. The van der Waals surface area contributed by atoms with E-state index in [1.807, 2.05) is 24.3 Å². The summed E-state index contributed by atoms with van der Waals surface area (Å²) in [7, 11) is 1.63. The molecule has 1 heterocycles. The van der Waals surface area contributed by atoms with Crippen LogP contribution < -0.4 is 5.73 Å². The van der Waals surface area contributed by atoms with E-state index in [0.29, 0.717) is 11.5 Å². The van der Waals surface area contributed by atoms with Crippen LogP contribution in [0.1, 0.15) is 11.1 Å². The van der Waals surface area contributed by atoms with Gasteiger partial charge in [0.05, 0.1) is 6.54 Å². The molecule has 0 radical (unpaired) electrons. The van der Waals surface area contributed by atoms with E-state index in [-0.39, 0.29) is 24.9 Å². The Hall–Kier alpha value is -1.95. The first-order valence-corrected chi connectivity index (χ1v) is 6.28. The van der Waals surface area contributed by atoms with E-state index in [2.05, 4.69) is 0 Å². The van der Waals surface area contributed by atoms with Gasteiger partial charge < -0.3 is 15.5 Å². The van der Waals surface area contributed by atoms with Crippen molar-refractivity contribution in [3.63, 3.8) is 0 Å². The van der Waals surface area contributed by atoms with E-state index in [9.17, 15) is 9.59 Å². The minimum Gasteiger partial charge on any atom is -0.389 e. The van der Waals surface area contributed by atoms with Crippen LogP contribution >= 0.6 is 12.2 Å². The zero-order valence-electron chi connectivity index (χ0n) is 10.6. The fourth-order valence-electron chi connectivity index (χ4n) is 1.95. The lowest BCUT2D eigenvalue weighted by Gasteiger charge is -2.31. The molecule has 100 valence electrons. The zero-order chi connectivity index (χ0) is 14.0. The van der Waals surface area contributed by atoms with Crippen LogP contribution in [0.2, 0.25) is 0 Å². The Labute approximate surface area is 117 Å². The topological polar surface area (TPSA) is 66.6 Å². The first-order valence-electron chi connectivity index (χ1n) is 5.88. The molecular formula is C13H15N3O2S. The van der Waals surface area contributed by atoms with Crippen molar-refractivity contribution in [1.29, 1.82) is 0 Å². The summed E-state index contributed by atoms with van der Waals surface area (Å²) >= 11 is 4.92. The van der Waals surface area contributed by atoms with Crippen molar-refractivity contribution in [2.45, 2.75) is 6.54 Å². The molecule has 1 aromatic rings. The number of amides is 2. The van der Waals surface area contributed by atoms with Crippen molar-refractivity contribution in [3.05, 3.63) is 35.4 Å². The minimum atomic E-state index is -0.0529. The number of rotatable bonds is 3. The number of hydrogen-bond donors (Lipinski definition) is 1. The standard InChI is InChI=1S/C13H15N3O2S/c1-15-7-12(18)16(8-11(15)17)6-9-3-2-4-10(5-9)13(14)19/h2-5H,6-8H2,1H3,(H2,14,19). The first-order chi connectivity index (χ1) is 8.97. The third-order valence-corrected chi connectivity index (χ3v) is 3.30. The predicted octanol–water partition coefficient (Wildman–Crippen LogP) is 0.121. The summed E-state index contributed by atoms with van der Waals surface area (Å²) in [5.74, 6) is -0.104. The van der Waals surface area contributed by atoms with Gasteiger partial charge >= 0.3 is 0 Å². The first kappa shape index (κ1) is 13.5. The van der Waals surface area contributed by atoms with E-state index in [0.717, 1.165) is 11.1 Å². The molecule has 1 fully saturated rings. The van der Waals surface area contributed by atoms with Gasteiger partial charge in [0.2, 0.25) is 11.8 Å². The Morgan fingerprint density at radius 2 is 2.05 bits per heavy atom. The predicted molar refractivity (Wildman–Crippen MR) is 75.4 cm³/mol. The maximum atomic E-state index is 11.9. The minimum absolute atomic E-state index is 0.0508. The fraction of sp³-hybridized carbons (Fsp3) is 0.308. The van der Waals surface area contributed by atoms with Crippen molar-refractivity contribution < 1.29 is 9.59 Å².